The van der Waals surface area contributed by atoms with Crippen LogP contribution in [0.15, 0.2) is 77.8 Å². The maximum absolute atomic E-state index is 12.4. The minimum atomic E-state index is -3.70. The van der Waals surface area contributed by atoms with Gasteiger partial charge in [-0.25, -0.2) is 13.4 Å². The molecule has 0 unspecified atom stereocenters. The summed E-state index contributed by atoms with van der Waals surface area (Å²) in [6.07, 6.45) is 1.40. The van der Waals surface area contributed by atoms with Gasteiger partial charge in [-0.2, -0.15) is 0 Å². The van der Waals surface area contributed by atoms with Crippen LogP contribution in [0.4, 0.5) is 5.69 Å². The van der Waals surface area contributed by atoms with E-state index in [9.17, 15) is 8.42 Å². The summed E-state index contributed by atoms with van der Waals surface area (Å²) < 4.78 is 37.8. The number of hydrogen-bond donors (Lipinski definition) is 1. The quantitative estimate of drug-likeness (QED) is 0.729. The SMILES string of the molecule is COc1ccc(S(=O)(=O)Nc2ccc(Oc3ccccc3)nc2)cc1. The summed E-state index contributed by atoms with van der Waals surface area (Å²) in [6, 6.07) is 18.5. The monoisotopic (exact) mass is 356 g/mol. The average Bonchev–Trinajstić information content (AvgIpc) is 2.64. The van der Waals surface area contributed by atoms with Gasteiger partial charge in [0.2, 0.25) is 5.88 Å². The summed E-state index contributed by atoms with van der Waals surface area (Å²) in [5.74, 6) is 1.61. The van der Waals surface area contributed by atoms with E-state index >= 15 is 0 Å². The van der Waals surface area contributed by atoms with Crippen LogP contribution in [0, 0.1) is 0 Å². The fraction of sp³-hybridized carbons (Fsp3) is 0.0556. The highest BCUT2D eigenvalue weighted by atomic mass is 32.2. The average molecular weight is 356 g/mol. The summed E-state index contributed by atoms with van der Waals surface area (Å²) >= 11 is 0. The van der Waals surface area contributed by atoms with Crippen molar-refractivity contribution in [1.82, 2.24) is 4.98 Å². The Hall–Kier alpha value is -3.06. The Morgan fingerprint density at radius 1 is 0.880 bits per heavy atom. The van der Waals surface area contributed by atoms with Gasteiger partial charge in [-0.05, 0) is 42.5 Å². The molecule has 0 saturated heterocycles. The van der Waals surface area contributed by atoms with Crippen LogP contribution in [-0.2, 0) is 10.0 Å². The van der Waals surface area contributed by atoms with Crippen molar-refractivity contribution in [2.75, 3.05) is 11.8 Å². The van der Waals surface area contributed by atoms with E-state index in [4.69, 9.17) is 9.47 Å². The van der Waals surface area contributed by atoms with E-state index in [-0.39, 0.29) is 4.90 Å². The summed E-state index contributed by atoms with van der Waals surface area (Å²) in [6.45, 7) is 0. The van der Waals surface area contributed by atoms with Crippen LogP contribution in [0.3, 0.4) is 0 Å². The van der Waals surface area contributed by atoms with E-state index in [0.717, 1.165) is 0 Å². The van der Waals surface area contributed by atoms with Crippen molar-refractivity contribution in [3.05, 3.63) is 72.9 Å². The van der Waals surface area contributed by atoms with Gasteiger partial charge in [-0.15, -0.1) is 0 Å². The number of methoxy groups -OCH3 is 1. The smallest absolute Gasteiger partial charge is 0.261 e. The number of benzene rings is 2. The Labute approximate surface area is 146 Å². The first-order valence-corrected chi connectivity index (χ1v) is 8.91. The van der Waals surface area contributed by atoms with Crippen LogP contribution in [0.1, 0.15) is 0 Å². The topological polar surface area (TPSA) is 77.5 Å². The van der Waals surface area contributed by atoms with Crippen molar-refractivity contribution >= 4 is 15.7 Å². The molecule has 0 aliphatic carbocycles. The number of pyridine rings is 1. The predicted octanol–water partition coefficient (Wildman–Crippen LogP) is 3.68. The molecule has 0 radical (unpaired) electrons. The lowest BCUT2D eigenvalue weighted by atomic mass is 10.3. The van der Waals surface area contributed by atoms with Gasteiger partial charge in [0.1, 0.15) is 11.5 Å². The number of ether oxygens (including phenoxy) is 2. The van der Waals surface area contributed by atoms with Gasteiger partial charge >= 0.3 is 0 Å². The van der Waals surface area contributed by atoms with Gasteiger partial charge in [-0.1, -0.05) is 18.2 Å². The van der Waals surface area contributed by atoms with Gasteiger partial charge in [0.05, 0.1) is 23.9 Å². The van der Waals surface area contributed by atoms with Crippen molar-refractivity contribution in [1.29, 1.82) is 0 Å². The minimum absolute atomic E-state index is 0.137. The third kappa shape index (κ3) is 4.27. The maximum atomic E-state index is 12.4. The summed E-state index contributed by atoms with van der Waals surface area (Å²) in [7, 11) is -2.18. The molecule has 0 spiro atoms. The third-order valence-corrected chi connectivity index (χ3v) is 4.72. The lowest BCUT2D eigenvalue weighted by Gasteiger charge is -2.09. The number of nitrogens with zero attached hydrogens (tertiary/aromatic N) is 1. The van der Waals surface area contributed by atoms with E-state index in [0.29, 0.717) is 23.1 Å². The fourth-order valence-corrected chi connectivity index (χ4v) is 3.12. The van der Waals surface area contributed by atoms with Crippen LogP contribution >= 0.6 is 0 Å². The number of para-hydroxylation sites is 1. The second kappa shape index (κ2) is 7.23. The molecule has 3 rings (SSSR count). The second-order valence-electron chi connectivity index (χ2n) is 5.08. The molecular formula is C18H16N2O4S. The molecular weight excluding hydrogens is 340 g/mol. The molecule has 3 aromatic rings. The first kappa shape index (κ1) is 16.8. The molecule has 6 nitrogen and oxygen atoms in total. The molecule has 0 saturated carbocycles. The van der Waals surface area contributed by atoms with Gasteiger partial charge in [-0.3, -0.25) is 4.72 Å². The van der Waals surface area contributed by atoms with E-state index in [1.807, 2.05) is 30.3 Å². The zero-order valence-electron chi connectivity index (χ0n) is 13.4. The third-order valence-electron chi connectivity index (χ3n) is 3.32. The molecule has 0 bridgehead atoms. The van der Waals surface area contributed by atoms with E-state index in [1.165, 1.54) is 25.4 Å². The maximum Gasteiger partial charge on any atom is 0.261 e. The van der Waals surface area contributed by atoms with E-state index in [1.54, 1.807) is 24.3 Å². The fourth-order valence-electron chi connectivity index (χ4n) is 2.08. The first-order valence-electron chi connectivity index (χ1n) is 7.43. The Balaban J connectivity index is 1.71. The Bertz CT molecular complexity index is 925. The van der Waals surface area contributed by atoms with Gasteiger partial charge in [0.25, 0.3) is 10.0 Å². The highest BCUT2D eigenvalue weighted by molar-refractivity contribution is 7.92. The molecule has 0 amide bonds. The lowest BCUT2D eigenvalue weighted by Crippen LogP contribution is -2.13. The van der Waals surface area contributed by atoms with Crippen LogP contribution < -0.4 is 14.2 Å². The Morgan fingerprint density at radius 3 is 2.20 bits per heavy atom. The zero-order chi connectivity index (χ0) is 17.7. The number of rotatable bonds is 6. The number of sulfonamides is 1. The van der Waals surface area contributed by atoms with E-state index < -0.39 is 10.0 Å². The van der Waals surface area contributed by atoms with Gasteiger partial charge < -0.3 is 9.47 Å². The van der Waals surface area contributed by atoms with Crippen molar-refractivity contribution in [2.24, 2.45) is 0 Å². The second-order valence-corrected chi connectivity index (χ2v) is 6.76. The molecule has 1 heterocycles. The molecule has 1 N–H and O–H groups in total. The number of hydrogen-bond acceptors (Lipinski definition) is 5. The first-order chi connectivity index (χ1) is 12.1. The largest absolute Gasteiger partial charge is 0.497 e. The normalized spacial score (nSPS) is 10.9. The molecule has 1 aromatic heterocycles. The summed E-state index contributed by atoms with van der Waals surface area (Å²) in [5.41, 5.74) is 0.344. The minimum Gasteiger partial charge on any atom is -0.497 e. The Kier molecular flexibility index (Phi) is 4.85. The van der Waals surface area contributed by atoms with Crippen LogP contribution in [-0.4, -0.2) is 20.5 Å². The van der Waals surface area contributed by atoms with Gasteiger partial charge in [0, 0.05) is 6.07 Å². The molecule has 0 aliphatic rings. The Morgan fingerprint density at radius 2 is 1.60 bits per heavy atom. The molecule has 7 heteroatoms. The van der Waals surface area contributed by atoms with Crippen molar-refractivity contribution in [3.8, 4) is 17.4 Å². The zero-order valence-corrected chi connectivity index (χ0v) is 14.2. The van der Waals surface area contributed by atoms with E-state index in [2.05, 4.69) is 9.71 Å². The number of nitrogens with one attached hydrogen (secondary N) is 1. The summed E-state index contributed by atoms with van der Waals surface area (Å²) in [4.78, 5) is 4.25. The standard InChI is InChI=1S/C18H16N2O4S/c1-23-15-8-10-17(11-9-15)25(21,22)20-14-7-12-18(19-13-14)24-16-5-3-2-4-6-16/h2-13,20H,1H3. The molecule has 25 heavy (non-hydrogen) atoms. The van der Waals surface area contributed by atoms with Crippen molar-refractivity contribution in [3.63, 3.8) is 0 Å². The van der Waals surface area contributed by atoms with Crippen LogP contribution in [0.2, 0.25) is 0 Å². The van der Waals surface area contributed by atoms with Crippen LogP contribution in [0.25, 0.3) is 0 Å². The van der Waals surface area contributed by atoms with Crippen LogP contribution in [0.5, 0.6) is 17.4 Å². The molecule has 0 fully saturated rings. The highest BCUT2D eigenvalue weighted by Crippen LogP contribution is 2.22. The van der Waals surface area contributed by atoms with Gasteiger partial charge in [0.15, 0.2) is 0 Å². The molecule has 2 aromatic carbocycles. The van der Waals surface area contributed by atoms with Crippen molar-refractivity contribution < 1.29 is 17.9 Å². The molecule has 0 aliphatic heterocycles. The molecule has 128 valence electrons. The molecule has 0 atom stereocenters. The predicted molar refractivity (Wildman–Crippen MR) is 94.6 cm³/mol. The number of aromatic nitrogens is 1. The van der Waals surface area contributed by atoms with Crippen molar-refractivity contribution in [2.45, 2.75) is 4.90 Å². The lowest BCUT2D eigenvalue weighted by molar-refractivity contribution is 0.414. The summed E-state index contributed by atoms with van der Waals surface area (Å²) in [5, 5.41) is 0. The highest BCUT2D eigenvalue weighted by Gasteiger charge is 2.14. The number of anilines is 1.